The number of nitrogens with zero attached hydrogens (tertiary/aromatic N) is 2. The Morgan fingerprint density at radius 3 is 2.40 bits per heavy atom. The van der Waals surface area contributed by atoms with Crippen LogP contribution in [-0.2, 0) is 4.79 Å². The molecule has 1 aliphatic heterocycles. The molecule has 4 amide bonds. The van der Waals surface area contributed by atoms with Crippen LogP contribution in [0.25, 0.3) is 0 Å². The van der Waals surface area contributed by atoms with Crippen molar-refractivity contribution in [1.82, 2.24) is 15.1 Å². The van der Waals surface area contributed by atoms with E-state index in [1.807, 2.05) is 6.07 Å². The minimum Gasteiger partial charge on any atom is -0.350 e. The lowest BCUT2D eigenvalue weighted by Gasteiger charge is -2.43. The number of carbonyl (C=O) groups excluding carboxylic acids is 3. The first-order chi connectivity index (χ1) is 16.8. The molecular weight excluding hydrogens is 517 g/mol. The van der Waals surface area contributed by atoms with Crippen LogP contribution in [0.1, 0.15) is 42.5 Å². The molecule has 1 aliphatic carbocycles. The van der Waals surface area contributed by atoms with Gasteiger partial charge in [0.25, 0.3) is 11.8 Å². The molecule has 10 heteroatoms. The number of hydrogen-bond acceptors (Lipinski definition) is 4. The van der Waals surface area contributed by atoms with Crippen LogP contribution >= 0.6 is 15.9 Å². The molecule has 1 atom stereocenters. The molecule has 1 unspecified atom stereocenters. The molecule has 0 spiro atoms. The predicted molar refractivity (Wildman–Crippen MR) is 134 cm³/mol. The highest BCUT2D eigenvalue weighted by Crippen LogP contribution is 2.23. The average molecular weight is 546 g/mol. The third-order valence-electron chi connectivity index (χ3n) is 6.41. The second-order valence-corrected chi connectivity index (χ2v) is 9.91. The Labute approximate surface area is 212 Å². The number of urea groups is 1. The van der Waals surface area contributed by atoms with Gasteiger partial charge >= 0.3 is 6.03 Å². The number of nitrogens with two attached hydrogens (primary N) is 1. The van der Waals surface area contributed by atoms with Crippen molar-refractivity contribution in [3.05, 3.63) is 64.4 Å². The van der Waals surface area contributed by atoms with Gasteiger partial charge < -0.3 is 21.3 Å². The fourth-order valence-corrected chi connectivity index (χ4v) is 5.02. The van der Waals surface area contributed by atoms with Crippen molar-refractivity contribution in [2.24, 2.45) is 5.73 Å². The molecule has 1 heterocycles. The summed E-state index contributed by atoms with van der Waals surface area (Å²) in [5, 5.41) is 5.70. The zero-order valence-electron chi connectivity index (χ0n) is 19.3. The van der Waals surface area contributed by atoms with Gasteiger partial charge in [0.1, 0.15) is 5.82 Å². The van der Waals surface area contributed by atoms with Crippen LogP contribution < -0.4 is 16.4 Å². The Kier molecular flexibility index (Phi) is 8.02. The maximum absolute atomic E-state index is 13.6. The van der Waals surface area contributed by atoms with Crippen LogP contribution in [0.2, 0.25) is 0 Å². The van der Waals surface area contributed by atoms with E-state index in [4.69, 9.17) is 5.73 Å². The van der Waals surface area contributed by atoms with Gasteiger partial charge in [0.15, 0.2) is 6.17 Å². The lowest BCUT2D eigenvalue weighted by molar-refractivity contribution is -0.133. The first kappa shape index (κ1) is 25.1. The van der Waals surface area contributed by atoms with E-state index in [2.05, 4.69) is 26.6 Å². The summed E-state index contributed by atoms with van der Waals surface area (Å²) in [6, 6.07) is 11.9. The number of nitrogens with one attached hydrogen (secondary N) is 2. The quantitative estimate of drug-likeness (QED) is 0.544. The number of amides is 4. The molecular formula is C25H29BrFN5O3. The van der Waals surface area contributed by atoms with Gasteiger partial charge in [0, 0.05) is 40.9 Å². The molecule has 8 nitrogen and oxygen atoms in total. The minimum absolute atomic E-state index is 0.0693. The van der Waals surface area contributed by atoms with E-state index in [0.717, 1.165) is 30.2 Å². The number of hydrogen-bond donors (Lipinski definition) is 3. The Morgan fingerprint density at radius 2 is 1.69 bits per heavy atom. The highest BCUT2D eigenvalue weighted by atomic mass is 79.9. The molecule has 2 fully saturated rings. The van der Waals surface area contributed by atoms with E-state index >= 15 is 0 Å². The molecule has 35 heavy (non-hydrogen) atoms. The predicted octanol–water partition coefficient (Wildman–Crippen LogP) is 3.68. The van der Waals surface area contributed by atoms with Gasteiger partial charge in [-0.1, -0.05) is 28.1 Å². The summed E-state index contributed by atoms with van der Waals surface area (Å²) in [4.78, 5) is 43.0. The standard InChI is InChI=1S/C25H29BrFN5O3/c26-17-5-1-4-16(14-17)24(34)31-12-3-13-32(25(35)30-21-7-2-6-18(27)15-21)23(31)22(33)29-20-10-8-19(28)9-11-20/h1-2,4-7,14-15,19-20,23H,3,8-13,28H2,(H,29,33)(H,30,35). The number of halogens is 2. The molecule has 2 aromatic rings. The molecule has 4 rings (SSSR count). The van der Waals surface area contributed by atoms with Crippen molar-refractivity contribution in [2.75, 3.05) is 18.4 Å². The number of benzene rings is 2. The Balaban J connectivity index is 1.59. The van der Waals surface area contributed by atoms with Crippen LogP contribution in [0, 0.1) is 5.82 Å². The van der Waals surface area contributed by atoms with Crippen LogP contribution in [0.4, 0.5) is 14.9 Å². The second kappa shape index (κ2) is 11.2. The maximum Gasteiger partial charge on any atom is 0.323 e. The maximum atomic E-state index is 13.6. The lowest BCUT2D eigenvalue weighted by atomic mass is 9.91. The summed E-state index contributed by atoms with van der Waals surface area (Å²) in [5.41, 5.74) is 6.68. The Bertz CT molecular complexity index is 1090. The Hall–Kier alpha value is -2.98. The lowest BCUT2D eigenvalue weighted by Crippen LogP contribution is -2.65. The Morgan fingerprint density at radius 1 is 0.971 bits per heavy atom. The summed E-state index contributed by atoms with van der Waals surface area (Å²) >= 11 is 3.38. The van der Waals surface area contributed by atoms with Crippen molar-refractivity contribution >= 4 is 39.5 Å². The normalized spacial score (nSPS) is 22.4. The summed E-state index contributed by atoms with van der Waals surface area (Å²) in [7, 11) is 0. The fourth-order valence-electron chi connectivity index (χ4n) is 4.62. The molecule has 1 saturated heterocycles. The van der Waals surface area contributed by atoms with E-state index in [0.29, 0.717) is 18.5 Å². The fraction of sp³-hybridized carbons (Fsp3) is 0.400. The second-order valence-electron chi connectivity index (χ2n) is 8.99. The van der Waals surface area contributed by atoms with E-state index in [1.54, 1.807) is 24.3 Å². The first-order valence-electron chi connectivity index (χ1n) is 11.8. The number of anilines is 1. The van der Waals surface area contributed by atoms with Crippen molar-refractivity contribution in [1.29, 1.82) is 0 Å². The van der Waals surface area contributed by atoms with Gasteiger partial charge in [0.05, 0.1) is 0 Å². The molecule has 2 aliphatic rings. The van der Waals surface area contributed by atoms with E-state index in [9.17, 15) is 18.8 Å². The van der Waals surface area contributed by atoms with Crippen molar-refractivity contribution in [3.8, 4) is 0 Å². The zero-order valence-corrected chi connectivity index (χ0v) is 20.8. The van der Waals surface area contributed by atoms with Gasteiger partial charge in [-0.25, -0.2) is 9.18 Å². The van der Waals surface area contributed by atoms with Gasteiger partial charge in [-0.05, 0) is 68.5 Å². The number of carbonyl (C=O) groups is 3. The molecule has 1 saturated carbocycles. The molecule has 0 aromatic heterocycles. The third-order valence-corrected chi connectivity index (χ3v) is 6.90. The van der Waals surface area contributed by atoms with E-state index in [1.165, 1.54) is 28.0 Å². The highest BCUT2D eigenvalue weighted by Gasteiger charge is 2.41. The smallest absolute Gasteiger partial charge is 0.323 e. The van der Waals surface area contributed by atoms with Gasteiger partial charge in [-0.2, -0.15) is 0 Å². The van der Waals surface area contributed by atoms with Crippen molar-refractivity contribution < 1.29 is 18.8 Å². The summed E-state index contributed by atoms with van der Waals surface area (Å²) < 4.78 is 14.4. The van der Waals surface area contributed by atoms with Crippen LogP contribution in [0.5, 0.6) is 0 Å². The molecule has 186 valence electrons. The topological polar surface area (TPSA) is 108 Å². The van der Waals surface area contributed by atoms with Crippen LogP contribution in [-0.4, -0.2) is 59.0 Å². The summed E-state index contributed by atoms with van der Waals surface area (Å²) in [6.07, 6.45) is 2.46. The van der Waals surface area contributed by atoms with Crippen molar-refractivity contribution in [2.45, 2.75) is 50.4 Å². The first-order valence-corrected chi connectivity index (χ1v) is 12.6. The minimum atomic E-state index is -1.14. The third kappa shape index (κ3) is 6.18. The molecule has 0 radical (unpaired) electrons. The number of rotatable bonds is 4. The highest BCUT2D eigenvalue weighted by molar-refractivity contribution is 9.10. The van der Waals surface area contributed by atoms with E-state index in [-0.39, 0.29) is 30.2 Å². The molecule has 0 bridgehead atoms. The van der Waals surface area contributed by atoms with Crippen LogP contribution in [0.3, 0.4) is 0 Å². The van der Waals surface area contributed by atoms with Crippen LogP contribution in [0.15, 0.2) is 53.0 Å². The van der Waals surface area contributed by atoms with Gasteiger partial charge in [0.2, 0.25) is 0 Å². The summed E-state index contributed by atoms with van der Waals surface area (Å²) in [6.45, 7) is 0.597. The average Bonchev–Trinajstić information content (AvgIpc) is 2.84. The monoisotopic (exact) mass is 545 g/mol. The van der Waals surface area contributed by atoms with Gasteiger partial charge in [-0.3, -0.25) is 14.5 Å². The van der Waals surface area contributed by atoms with Crippen molar-refractivity contribution in [3.63, 3.8) is 0 Å². The van der Waals surface area contributed by atoms with E-state index < -0.39 is 23.9 Å². The van der Waals surface area contributed by atoms with Gasteiger partial charge in [-0.15, -0.1) is 0 Å². The molecule has 4 N–H and O–H groups in total. The molecule has 2 aromatic carbocycles. The zero-order chi connectivity index (χ0) is 24.9. The SMILES string of the molecule is NC1CCC(NC(=O)C2N(C(=O)Nc3cccc(F)c3)CCCN2C(=O)c2cccc(Br)c2)CC1. The largest absolute Gasteiger partial charge is 0.350 e. The summed E-state index contributed by atoms with van der Waals surface area (Å²) in [5.74, 6) is -1.25.